The molecule has 0 fully saturated rings. The van der Waals surface area contributed by atoms with Gasteiger partial charge in [-0.05, 0) is 36.7 Å². The highest BCUT2D eigenvalue weighted by Crippen LogP contribution is 2.31. The molecule has 0 saturated heterocycles. The molecule has 3 nitrogen and oxygen atoms in total. The van der Waals surface area contributed by atoms with E-state index in [9.17, 15) is 0 Å². The van der Waals surface area contributed by atoms with Crippen molar-refractivity contribution in [1.29, 1.82) is 0 Å². The minimum Gasteiger partial charge on any atom is -0.468 e. The first-order valence-electron chi connectivity index (χ1n) is 7.43. The van der Waals surface area contributed by atoms with Crippen LogP contribution in [-0.2, 0) is 6.54 Å². The average molecular weight is 351 g/mol. The quantitative estimate of drug-likeness (QED) is 0.807. The molecule has 1 aromatic carbocycles. The van der Waals surface area contributed by atoms with Crippen LogP contribution in [0.2, 0.25) is 0 Å². The van der Waals surface area contributed by atoms with Crippen LogP contribution in [0.25, 0.3) is 0 Å². The van der Waals surface area contributed by atoms with Gasteiger partial charge in [-0.25, -0.2) is 0 Å². The van der Waals surface area contributed by atoms with Gasteiger partial charge >= 0.3 is 0 Å². The molecule has 2 unspecified atom stereocenters. The first-order valence-corrected chi connectivity index (χ1v) is 8.23. The summed E-state index contributed by atoms with van der Waals surface area (Å²) in [6.07, 6.45) is 2.65. The largest absolute Gasteiger partial charge is 0.468 e. The second kappa shape index (κ2) is 7.78. The van der Waals surface area contributed by atoms with Crippen LogP contribution in [0.15, 0.2) is 51.6 Å². The molecule has 1 aromatic heterocycles. The Kier molecular flexibility index (Phi) is 6.03. The molecule has 2 N–H and O–H groups in total. The molecule has 0 amide bonds. The van der Waals surface area contributed by atoms with Crippen LogP contribution in [0, 0.1) is 0 Å². The third kappa shape index (κ3) is 3.96. The van der Waals surface area contributed by atoms with Gasteiger partial charge in [-0.2, -0.15) is 0 Å². The summed E-state index contributed by atoms with van der Waals surface area (Å²) in [5.41, 5.74) is 7.67. The van der Waals surface area contributed by atoms with Gasteiger partial charge in [0.25, 0.3) is 0 Å². The number of halogens is 1. The van der Waals surface area contributed by atoms with Gasteiger partial charge < -0.3 is 10.2 Å². The summed E-state index contributed by atoms with van der Waals surface area (Å²) >= 11 is 3.66. The number of hydrogen-bond donors (Lipinski definition) is 1. The van der Waals surface area contributed by atoms with Crippen molar-refractivity contribution in [2.24, 2.45) is 5.73 Å². The second-order valence-corrected chi connectivity index (χ2v) is 6.04. The van der Waals surface area contributed by atoms with Crippen LogP contribution in [0.1, 0.15) is 37.6 Å². The van der Waals surface area contributed by atoms with E-state index in [1.54, 1.807) is 6.26 Å². The lowest BCUT2D eigenvalue weighted by atomic mass is 9.96. The predicted molar refractivity (Wildman–Crippen MR) is 89.9 cm³/mol. The van der Waals surface area contributed by atoms with Crippen molar-refractivity contribution in [2.45, 2.75) is 38.9 Å². The van der Waals surface area contributed by atoms with Gasteiger partial charge in [-0.1, -0.05) is 48.0 Å². The molecule has 0 spiro atoms. The van der Waals surface area contributed by atoms with Gasteiger partial charge in [-0.3, -0.25) is 4.90 Å². The van der Waals surface area contributed by atoms with Gasteiger partial charge in [-0.15, -0.1) is 0 Å². The van der Waals surface area contributed by atoms with Crippen LogP contribution in [0.5, 0.6) is 0 Å². The maximum Gasteiger partial charge on any atom is 0.117 e. The van der Waals surface area contributed by atoms with Gasteiger partial charge in [0, 0.05) is 10.5 Å². The predicted octanol–water partition coefficient (Wildman–Crippen LogP) is 4.34. The Hall–Kier alpha value is -1.10. The van der Waals surface area contributed by atoms with E-state index in [1.165, 1.54) is 5.56 Å². The van der Waals surface area contributed by atoms with Crippen molar-refractivity contribution < 1.29 is 4.42 Å². The molecule has 114 valence electrons. The van der Waals surface area contributed by atoms with Gasteiger partial charge in [0.05, 0.1) is 18.8 Å². The normalized spacial score (nSPS) is 14.3. The van der Waals surface area contributed by atoms with Crippen LogP contribution in [-0.4, -0.2) is 17.5 Å². The van der Waals surface area contributed by atoms with Crippen LogP contribution in [0.3, 0.4) is 0 Å². The Morgan fingerprint density at radius 2 is 1.95 bits per heavy atom. The monoisotopic (exact) mass is 350 g/mol. The SMILES string of the molecule is CCC(N)C(c1ccccc1Br)N(CC)Cc1ccco1. The molecule has 1 heterocycles. The first-order chi connectivity index (χ1) is 10.2. The van der Waals surface area contributed by atoms with Gasteiger partial charge in [0.1, 0.15) is 5.76 Å². The maximum absolute atomic E-state index is 6.43. The molecule has 0 aliphatic heterocycles. The fourth-order valence-corrected chi connectivity index (χ4v) is 3.17. The highest BCUT2D eigenvalue weighted by molar-refractivity contribution is 9.10. The standard InChI is InChI=1S/C17H23BrN2O/c1-3-16(19)17(14-9-5-6-10-15(14)18)20(4-2)12-13-8-7-11-21-13/h5-11,16-17H,3-4,12,19H2,1-2H3. The Bertz CT molecular complexity index is 541. The van der Waals surface area contributed by atoms with Crippen molar-refractivity contribution in [3.63, 3.8) is 0 Å². The van der Waals surface area contributed by atoms with E-state index in [1.807, 2.05) is 18.2 Å². The van der Waals surface area contributed by atoms with Crippen molar-refractivity contribution in [3.8, 4) is 0 Å². The van der Waals surface area contributed by atoms with E-state index in [4.69, 9.17) is 10.2 Å². The molecule has 0 saturated carbocycles. The van der Waals surface area contributed by atoms with Gasteiger partial charge in [0.2, 0.25) is 0 Å². The Morgan fingerprint density at radius 1 is 1.19 bits per heavy atom. The molecule has 2 atom stereocenters. The number of benzene rings is 1. The van der Waals surface area contributed by atoms with E-state index in [0.717, 1.165) is 29.7 Å². The number of nitrogens with two attached hydrogens (primary N) is 1. The lowest BCUT2D eigenvalue weighted by molar-refractivity contribution is 0.157. The molecule has 2 rings (SSSR count). The zero-order valence-corrected chi connectivity index (χ0v) is 14.2. The first kappa shape index (κ1) is 16.3. The van der Waals surface area contributed by atoms with E-state index >= 15 is 0 Å². The summed E-state index contributed by atoms with van der Waals surface area (Å²) in [5.74, 6) is 0.970. The molecule has 4 heteroatoms. The number of hydrogen-bond acceptors (Lipinski definition) is 3. The summed E-state index contributed by atoms with van der Waals surface area (Å²) in [6.45, 7) is 5.98. The third-order valence-corrected chi connectivity index (χ3v) is 4.56. The average Bonchev–Trinajstić information content (AvgIpc) is 3.01. The van der Waals surface area contributed by atoms with Crippen molar-refractivity contribution in [3.05, 3.63) is 58.5 Å². The topological polar surface area (TPSA) is 42.4 Å². The Morgan fingerprint density at radius 3 is 2.52 bits per heavy atom. The van der Waals surface area contributed by atoms with E-state index in [0.29, 0.717) is 0 Å². The number of nitrogens with zero attached hydrogens (tertiary/aromatic N) is 1. The van der Waals surface area contributed by atoms with E-state index in [2.05, 4.69) is 52.9 Å². The molecule has 0 radical (unpaired) electrons. The smallest absolute Gasteiger partial charge is 0.117 e. The summed E-state index contributed by atoms with van der Waals surface area (Å²) < 4.78 is 6.61. The van der Waals surface area contributed by atoms with Crippen molar-refractivity contribution >= 4 is 15.9 Å². The maximum atomic E-state index is 6.43. The zero-order chi connectivity index (χ0) is 15.2. The van der Waals surface area contributed by atoms with Crippen LogP contribution in [0.4, 0.5) is 0 Å². The Labute approximate surface area is 135 Å². The summed E-state index contributed by atoms with van der Waals surface area (Å²) in [6, 6.07) is 12.5. The number of likely N-dealkylation sites (N-methyl/N-ethyl adjacent to an activating group) is 1. The highest BCUT2D eigenvalue weighted by Gasteiger charge is 2.26. The molecule has 2 aromatic rings. The molecule has 0 aliphatic carbocycles. The molecular formula is C17H23BrN2O. The fraction of sp³-hybridized carbons (Fsp3) is 0.412. The highest BCUT2D eigenvalue weighted by atomic mass is 79.9. The zero-order valence-electron chi connectivity index (χ0n) is 12.6. The second-order valence-electron chi connectivity index (χ2n) is 5.18. The molecule has 21 heavy (non-hydrogen) atoms. The summed E-state index contributed by atoms with van der Waals surface area (Å²) in [7, 11) is 0. The van der Waals surface area contributed by atoms with Gasteiger partial charge in [0.15, 0.2) is 0 Å². The molecule has 0 aliphatic rings. The minimum absolute atomic E-state index is 0.0820. The van der Waals surface area contributed by atoms with Crippen molar-refractivity contribution in [2.75, 3.05) is 6.54 Å². The van der Waals surface area contributed by atoms with E-state index in [-0.39, 0.29) is 12.1 Å². The number of rotatable bonds is 7. The van der Waals surface area contributed by atoms with Crippen molar-refractivity contribution in [1.82, 2.24) is 4.90 Å². The lowest BCUT2D eigenvalue weighted by Gasteiger charge is -2.35. The summed E-state index contributed by atoms with van der Waals surface area (Å²) in [4.78, 5) is 2.37. The lowest BCUT2D eigenvalue weighted by Crippen LogP contribution is -2.40. The summed E-state index contributed by atoms with van der Waals surface area (Å²) in [5, 5.41) is 0. The minimum atomic E-state index is 0.0820. The fourth-order valence-electron chi connectivity index (χ4n) is 2.65. The third-order valence-electron chi connectivity index (χ3n) is 3.84. The molecule has 0 bridgehead atoms. The Balaban J connectivity index is 2.31. The number of furan rings is 1. The van der Waals surface area contributed by atoms with Crippen LogP contribution >= 0.6 is 15.9 Å². The van der Waals surface area contributed by atoms with Crippen LogP contribution < -0.4 is 5.73 Å². The molecular weight excluding hydrogens is 328 g/mol. The van der Waals surface area contributed by atoms with E-state index < -0.39 is 0 Å².